The Morgan fingerprint density at radius 1 is 1.36 bits per heavy atom. The second kappa shape index (κ2) is 4.16. The zero-order valence-corrected chi connectivity index (χ0v) is 9.39. The highest BCUT2D eigenvalue weighted by molar-refractivity contribution is 7.86. The van der Waals surface area contributed by atoms with Gasteiger partial charge in [-0.25, -0.2) is 0 Å². The summed E-state index contributed by atoms with van der Waals surface area (Å²) in [6.07, 6.45) is 5.87. The Kier molecular flexibility index (Phi) is 3.55. The molecule has 0 spiro atoms. The highest BCUT2D eigenvalue weighted by Crippen LogP contribution is 2.39. The molecule has 1 atom stereocenters. The van der Waals surface area contributed by atoms with Gasteiger partial charge in [-0.2, -0.15) is 8.42 Å². The highest BCUT2D eigenvalue weighted by atomic mass is 32.2. The van der Waals surface area contributed by atoms with E-state index in [9.17, 15) is 8.42 Å². The third kappa shape index (κ3) is 3.22. The average molecular weight is 221 g/mol. The van der Waals surface area contributed by atoms with Gasteiger partial charge < -0.3 is 5.73 Å². The molecule has 0 amide bonds. The molecule has 0 bridgehead atoms. The van der Waals surface area contributed by atoms with Crippen molar-refractivity contribution < 1.29 is 13.0 Å². The van der Waals surface area contributed by atoms with Crippen LogP contribution in [0.3, 0.4) is 0 Å². The molecule has 0 aromatic carbocycles. The lowest BCUT2D eigenvalue weighted by atomic mass is 9.73. The van der Waals surface area contributed by atoms with Crippen LogP contribution in [0.15, 0.2) is 0 Å². The van der Waals surface area contributed by atoms with Crippen LogP contribution in [0.5, 0.6) is 0 Å². The van der Waals surface area contributed by atoms with Crippen LogP contribution in [-0.2, 0) is 10.1 Å². The molecule has 84 valence electrons. The predicted molar refractivity (Wildman–Crippen MR) is 55.3 cm³/mol. The first-order valence-electron chi connectivity index (χ1n) is 5.05. The molecule has 1 fully saturated rings. The average Bonchev–Trinajstić information content (AvgIpc) is 2.02. The fourth-order valence-corrected chi connectivity index (χ4v) is 2.81. The molecule has 0 aromatic heterocycles. The van der Waals surface area contributed by atoms with Gasteiger partial charge in [0, 0.05) is 0 Å². The molecule has 1 saturated carbocycles. The minimum atomic E-state index is -4.06. The summed E-state index contributed by atoms with van der Waals surface area (Å²) in [6, 6.07) is 0. The smallest absolute Gasteiger partial charge is 0.280 e. The number of hydrogen-bond donors (Lipinski definition) is 2. The first-order valence-corrected chi connectivity index (χ1v) is 6.56. The van der Waals surface area contributed by atoms with E-state index in [-0.39, 0.29) is 5.41 Å². The lowest BCUT2D eigenvalue weighted by Crippen LogP contribution is -2.36. The highest BCUT2D eigenvalue weighted by Gasteiger charge is 2.32. The van der Waals surface area contributed by atoms with Crippen molar-refractivity contribution >= 4 is 10.1 Å². The van der Waals surface area contributed by atoms with Gasteiger partial charge in [-0.15, -0.1) is 0 Å². The van der Waals surface area contributed by atoms with Crippen LogP contribution in [0, 0.1) is 5.41 Å². The van der Waals surface area contributed by atoms with Gasteiger partial charge in [-0.05, 0) is 24.7 Å². The van der Waals surface area contributed by atoms with Crippen LogP contribution in [0.1, 0.15) is 45.4 Å². The second-order valence-electron chi connectivity index (χ2n) is 4.63. The molecule has 3 N–H and O–H groups in total. The molecule has 0 aromatic rings. The quantitative estimate of drug-likeness (QED) is 0.708. The van der Waals surface area contributed by atoms with Gasteiger partial charge in [-0.3, -0.25) is 4.55 Å². The maximum atomic E-state index is 10.8. The molecule has 14 heavy (non-hydrogen) atoms. The van der Waals surface area contributed by atoms with Gasteiger partial charge in [0.1, 0.15) is 5.37 Å². The summed E-state index contributed by atoms with van der Waals surface area (Å²) in [7, 11) is -4.06. The van der Waals surface area contributed by atoms with E-state index in [0.717, 1.165) is 25.7 Å². The van der Waals surface area contributed by atoms with Gasteiger partial charge in [0.05, 0.1) is 0 Å². The van der Waals surface area contributed by atoms with Crippen LogP contribution in [-0.4, -0.2) is 18.3 Å². The van der Waals surface area contributed by atoms with E-state index in [1.165, 1.54) is 6.42 Å². The van der Waals surface area contributed by atoms with Crippen LogP contribution in [0.4, 0.5) is 0 Å². The third-order valence-corrected chi connectivity index (χ3v) is 4.07. The van der Waals surface area contributed by atoms with E-state index in [1.807, 2.05) is 0 Å². The van der Waals surface area contributed by atoms with E-state index in [0.29, 0.717) is 6.42 Å². The second-order valence-corrected chi connectivity index (χ2v) is 6.26. The first kappa shape index (κ1) is 11.9. The normalized spacial score (nSPS) is 24.5. The van der Waals surface area contributed by atoms with E-state index in [4.69, 9.17) is 10.3 Å². The van der Waals surface area contributed by atoms with Crippen molar-refractivity contribution in [1.29, 1.82) is 0 Å². The molecule has 0 aliphatic heterocycles. The molecule has 4 nitrogen and oxygen atoms in total. The molecule has 1 aliphatic rings. The minimum absolute atomic E-state index is 0.00648. The van der Waals surface area contributed by atoms with Crippen LogP contribution < -0.4 is 5.73 Å². The van der Waals surface area contributed by atoms with Crippen molar-refractivity contribution in [2.45, 2.75) is 50.8 Å². The van der Waals surface area contributed by atoms with E-state index in [1.54, 1.807) is 0 Å². The molecule has 1 rings (SSSR count). The van der Waals surface area contributed by atoms with Gasteiger partial charge in [0.25, 0.3) is 10.1 Å². The van der Waals surface area contributed by atoms with E-state index >= 15 is 0 Å². The molecular weight excluding hydrogens is 202 g/mol. The molecule has 1 unspecified atom stereocenters. The monoisotopic (exact) mass is 221 g/mol. The maximum Gasteiger partial charge on any atom is 0.280 e. The van der Waals surface area contributed by atoms with Crippen molar-refractivity contribution in [1.82, 2.24) is 0 Å². The summed E-state index contributed by atoms with van der Waals surface area (Å²) in [4.78, 5) is 0. The fraction of sp³-hybridized carbons (Fsp3) is 1.00. The van der Waals surface area contributed by atoms with Crippen LogP contribution in [0.2, 0.25) is 0 Å². The SMILES string of the molecule is CC1(CC(N)S(=O)(=O)O)CCCCC1. The summed E-state index contributed by atoms with van der Waals surface area (Å²) in [5, 5.41) is -1.12. The summed E-state index contributed by atoms with van der Waals surface area (Å²) >= 11 is 0. The van der Waals surface area contributed by atoms with Crippen LogP contribution >= 0.6 is 0 Å². The number of nitrogens with two attached hydrogens (primary N) is 1. The van der Waals surface area contributed by atoms with Gasteiger partial charge in [0.15, 0.2) is 0 Å². The Balaban J connectivity index is 2.58. The standard InChI is InChI=1S/C9H19NO3S/c1-9(5-3-2-4-6-9)7-8(10)14(11,12)13/h8H,2-7,10H2,1H3,(H,11,12,13). The zero-order valence-electron chi connectivity index (χ0n) is 8.57. The molecule has 1 aliphatic carbocycles. The Labute approximate surface area is 85.6 Å². The van der Waals surface area contributed by atoms with Crippen molar-refractivity contribution in [3.05, 3.63) is 0 Å². The minimum Gasteiger partial charge on any atom is -0.313 e. The van der Waals surface area contributed by atoms with E-state index < -0.39 is 15.5 Å². The fourth-order valence-electron chi connectivity index (χ4n) is 2.20. The lowest BCUT2D eigenvalue weighted by Gasteiger charge is -2.34. The number of hydrogen-bond acceptors (Lipinski definition) is 3. The molecule has 0 heterocycles. The van der Waals surface area contributed by atoms with E-state index in [2.05, 4.69) is 6.92 Å². The van der Waals surface area contributed by atoms with Crippen molar-refractivity contribution in [3.8, 4) is 0 Å². The Hall–Kier alpha value is -0.130. The Morgan fingerprint density at radius 3 is 2.29 bits per heavy atom. The number of rotatable bonds is 3. The van der Waals surface area contributed by atoms with Crippen molar-refractivity contribution in [3.63, 3.8) is 0 Å². The molecular formula is C9H19NO3S. The van der Waals surface area contributed by atoms with Gasteiger partial charge in [-0.1, -0.05) is 26.2 Å². The third-order valence-electron chi connectivity index (χ3n) is 3.14. The largest absolute Gasteiger partial charge is 0.313 e. The summed E-state index contributed by atoms with van der Waals surface area (Å²) in [6.45, 7) is 2.05. The topological polar surface area (TPSA) is 80.4 Å². The Morgan fingerprint density at radius 2 is 1.86 bits per heavy atom. The predicted octanol–water partition coefficient (Wildman–Crippen LogP) is 1.52. The van der Waals surface area contributed by atoms with Crippen molar-refractivity contribution in [2.75, 3.05) is 0 Å². The Bertz CT molecular complexity index is 280. The summed E-state index contributed by atoms with van der Waals surface area (Å²) in [5.74, 6) is 0. The molecule has 0 radical (unpaired) electrons. The summed E-state index contributed by atoms with van der Waals surface area (Å²) in [5.41, 5.74) is 5.42. The molecule has 5 heteroatoms. The first-order chi connectivity index (χ1) is 6.33. The maximum absolute atomic E-state index is 10.8. The van der Waals surface area contributed by atoms with Crippen molar-refractivity contribution in [2.24, 2.45) is 11.1 Å². The van der Waals surface area contributed by atoms with Gasteiger partial charge >= 0.3 is 0 Å². The zero-order chi connectivity index (χ0) is 10.8. The van der Waals surface area contributed by atoms with Gasteiger partial charge in [0.2, 0.25) is 0 Å². The summed E-state index contributed by atoms with van der Waals surface area (Å²) < 4.78 is 30.3. The van der Waals surface area contributed by atoms with Crippen LogP contribution in [0.25, 0.3) is 0 Å². The lowest BCUT2D eigenvalue weighted by molar-refractivity contribution is 0.194. The molecule has 0 saturated heterocycles.